The minimum absolute atomic E-state index is 0.180. The molecule has 8 rings (SSSR count). The summed E-state index contributed by atoms with van der Waals surface area (Å²) in [5, 5.41) is 6.25. The molecular weight excluding hydrogens is 760 g/mol. The lowest BCUT2D eigenvalue weighted by Crippen LogP contribution is -2.23. The third kappa shape index (κ3) is 7.34. The van der Waals surface area contributed by atoms with Crippen LogP contribution in [0, 0.1) is 20.8 Å². The molecule has 2 aliphatic heterocycles. The van der Waals surface area contributed by atoms with E-state index in [2.05, 4.69) is 83.3 Å². The van der Waals surface area contributed by atoms with Crippen LogP contribution in [0.2, 0.25) is 0 Å². The predicted molar refractivity (Wildman–Crippen MR) is 229 cm³/mol. The topological polar surface area (TPSA) is 116 Å². The van der Waals surface area contributed by atoms with Gasteiger partial charge >= 0.3 is 0 Å². The lowest BCUT2D eigenvalue weighted by atomic mass is 9.87. The molecule has 0 atom stereocenters. The Bertz CT molecular complexity index is 2700. The number of rotatable bonds is 7. The molecule has 3 aromatic heterocycles. The molecule has 0 saturated heterocycles. The summed E-state index contributed by atoms with van der Waals surface area (Å²) >= 11 is 3.91. The van der Waals surface area contributed by atoms with Crippen LogP contribution < -0.4 is 10.6 Å². The number of carbonyl (C=O) groups is 2. The smallest absolute Gasteiger partial charge is 0.253 e. The number of hydrogen-bond donors (Lipinski definition) is 4. The Morgan fingerprint density at radius 3 is 2.00 bits per heavy atom. The second-order valence-corrected chi connectivity index (χ2v) is 16.2. The first-order valence-electron chi connectivity index (χ1n) is 18.8. The Hall–Kier alpha value is -6.06. The van der Waals surface area contributed by atoms with Crippen LogP contribution in [0.15, 0.2) is 108 Å². The number of aromatic amines is 2. The number of amides is 2. The molecule has 6 aromatic rings. The van der Waals surface area contributed by atoms with Crippen LogP contribution in [0.3, 0.4) is 0 Å². The number of halogens is 1. The second kappa shape index (κ2) is 14.9. The number of carbonyl (C=O) groups excluding carboxylic acids is 2. The van der Waals surface area contributed by atoms with Crippen LogP contribution in [0.4, 0.5) is 0 Å². The van der Waals surface area contributed by atoms with E-state index in [0.29, 0.717) is 52.0 Å². The van der Waals surface area contributed by atoms with Gasteiger partial charge in [-0.3, -0.25) is 14.6 Å². The van der Waals surface area contributed by atoms with E-state index in [1.807, 2.05) is 97.1 Å². The normalized spacial score (nSPS) is 13.3. The van der Waals surface area contributed by atoms with Crippen molar-refractivity contribution in [3.63, 3.8) is 0 Å². The molecular formula is C47H43BrN6O2. The average molecular weight is 804 g/mol. The number of benzene rings is 3. The van der Waals surface area contributed by atoms with Crippen LogP contribution in [-0.2, 0) is 29.7 Å². The summed E-state index contributed by atoms with van der Waals surface area (Å²) in [7, 11) is 0. The van der Waals surface area contributed by atoms with E-state index in [0.717, 1.165) is 66.9 Å². The quantitative estimate of drug-likeness (QED) is 0.129. The molecule has 280 valence electrons. The molecule has 56 heavy (non-hydrogen) atoms. The highest BCUT2D eigenvalue weighted by molar-refractivity contribution is 9.10. The van der Waals surface area contributed by atoms with Gasteiger partial charge in [0.1, 0.15) is 0 Å². The molecule has 0 unspecified atom stereocenters. The molecule has 0 fully saturated rings. The van der Waals surface area contributed by atoms with Crippen molar-refractivity contribution < 1.29 is 9.59 Å². The summed E-state index contributed by atoms with van der Waals surface area (Å²) in [6.07, 6.45) is 2.51. The molecule has 4 N–H and O–H groups in total. The Morgan fingerprint density at radius 2 is 1.34 bits per heavy atom. The number of H-pyrrole nitrogens is 2. The van der Waals surface area contributed by atoms with Gasteiger partial charge in [-0.15, -0.1) is 0 Å². The maximum Gasteiger partial charge on any atom is 0.253 e. The highest BCUT2D eigenvalue weighted by atomic mass is 79.9. The number of hydrogen-bond acceptors (Lipinski definition) is 4. The monoisotopic (exact) mass is 802 g/mol. The van der Waals surface area contributed by atoms with Gasteiger partial charge in [0.05, 0.1) is 38.2 Å². The van der Waals surface area contributed by atoms with Gasteiger partial charge in [0.25, 0.3) is 11.8 Å². The first kappa shape index (κ1) is 36.9. The maximum atomic E-state index is 14.2. The average Bonchev–Trinajstić information content (AvgIpc) is 3.97. The summed E-state index contributed by atoms with van der Waals surface area (Å²) in [5.41, 5.74) is 13.8. The van der Waals surface area contributed by atoms with Gasteiger partial charge in [0.2, 0.25) is 0 Å². The van der Waals surface area contributed by atoms with Crippen molar-refractivity contribution >= 4 is 61.5 Å². The highest BCUT2D eigenvalue weighted by Crippen LogP contribution is 2.40. The Kier molecular flexibility index (Phi) is 9.80. The van der Waals surface area contributed by atoms with Crippen molar-refractivity contribution in [3.05, 3.63) is 164 Å². The fraction of sp³-hybridized carbons (Fsp3) is 0.191. The molecule has 0 spiro atoms. The summed E-state index contributed by atoms with van der Waals surface area (Å²) in [4.78, 5) is 45.6. The summed E-state index contributed by atoms with van der Waals surface area (Å²) in [5.74, 6) is -0.402. The Balaban J connectivity index is 1.38. The molecule has 5 heterocycles. The van der Waals surface area contributed by atoms with Crippen molar-refractivity contribution in [2.75, 3.05) is 0 Å². The molecule has 9 heteroatoms. The minimum atomic E-state index is -0.348. The van der Waals surface area contributed by atoms with Gasteiger partial charge in [0.15, 0.2) is 0 Å². The number of aromatic nitrogens is 4. The zero-order valence-electron chi connectivity index (χ0n) is 32.1. The standard InChI is InChI=1S/C47H43BrN6O2/c1-27-18-28(2)41(29(3)19-27)42-36-17-16-32(51-36)21-37-34(45(55)49-25-30-12-8-6-9-13-30)20-33(52-37)22-40-47(4,5)24-39(53-40)43(48)44-35(23-38(42)54-44)46(56)50-26-31-14-10-7-11-15-31/h6-23,51-52H,24-26H2,1-5H3,(H,49,55)(H,50,56). The first-order chi connectivity index (χ1) is 26.9. The van der Waals surface area contributed by atoms with Crippen molar-refractivity contribution in [1.29, 1.82) is 0 Å². The molecule has 3 aromatic carbocycles. The molecule has 8 bridgehead atoms. The van der Waals surface area contributed by atoms with Crippen molar-refractivity contribution in [2.24, 2.45) is 0 Å². The van der Waals surface area contributed by atoms with Crippen molar-refractivity contribution in [2.45, 2.75) is 59.5 Å². The van der Waals surface area contributed by atoms with Gasteiger partial charge < -0.3 is 20.6 Å². The van der Waals surface area contributed by atoms with E-state index in [-0.39, 0.29) is 17.2 Å². The van der Waals surface area contributed by atoms with E-state index >= 15 is 0 Å². The van der Waals surface area contributed by atoms with E-state index in [1.54, 1.807) is 0 Å². The molecule has 0 aliphatic carbocycles. The Morgan fingerprint density at radius 1 is 0.714 bits per heavy atom. The summed E-state index contributed by atoms with van der Waals surface area (Å²) < 4.78 is 0.669. The maximum absolute atomic E-state index is 14.2. The molecule has 2 aliphatic rings. The number of nitrogens with one attached hydrogen (secondary N) is 4. The van der Waals surface area contributed by atoms with Gasteiger partial charge in [-0.25, -0.2) is 4.98 Å². The predicted octanol–water partition coefficient (Wildman–Crippen LogP) is 9.98. The van der Waals surface area contributed by atoms with E-state index in [9.17, 15) is 9.59 Å². The lowest BCUT2D eigenvalue weighted by molar-refractivity contribution is -0.115. The molecule has 8 nitrogen and oxygen atoms in total. The van der Waals surface area contributed by atoms with Crippen LogP contribution in [0.1, 0.15) is 74.8 Å². The van der Waals surface area contributed by atoms with Crippen LogP contribution in [0.25, 0.3) is 44.8 Å². The van der Waals surface area contributed by atoms with E-state index < -0.39 is 0 Å². The van der Waals surface area contributed by atoms with Gasteiger partial charge in [-0.1, -0.05) is 92.2 Å². The minimum Gasteiger partial charge on any atom is -0.355 e. The van der Waals surface area contributed by atoms with Gasteiger partial charge in [0, 0.05) is 52.7 Å². The van der Waals surface area contributed by atoms with Crippen LogP contribution >= 0.6 is 15.9 Å². The van der Waals surface area contributed by atoms with E-state index in [1.165, 1.54) is 0 Å². The number of aryl methyl sites for hydroxylation is 3. The third-order valence-corrected chi connectivity index (χ3v) is 11.3. The molecule has 0 saturated carbocycles. The zero-order chi connectivity index (χ0) is 39.1. The Labute approximate surface area is 334 Å². The highest BCUT2D eigenvalue weighted by Gasteiger charge is 2.32. The molecule has 2 amide bonds. The van der Waals surface area contributed by atoms with Crippen LogP contribution in [-0.4, -0.2) is 31.8 Å². The SMILES string of the molecule is Cc1cc(C)c(-c2c3nc(c(Br)c4nc(cc5cc(C(=O)NCc6ccccc6)c(cc6ccc2[nH]6)[nH]5)C(C)(C)C4)C(C(=O)NCc2ccccc2)=C3)c(C)c1. The molecule has 0 radical (unpaired) electrons. The van der Waals surface area contributed by atoms with Crippen molar-refractivity contribution in [3.8, 4) is 11.1 Å². The van der Waals surface area contributed by atoms with E-state index in [4.69, 9.17) is 9.97 Å². The van der Waals surface area contributed by atoms with Crippen molar-refractivity contribution in [1.82, 2.24) is 30.6 Å². The van der Waals surface area contributed by atoms with Gasteiger partial charge in [-0.05, 0) is 101 Å². The fourth-order valence-corrected chi connectivity index (χ4v) is 8.29. The van der Waals surface area contributed by atoms with Crippen LogP contribution in [0.5, 0.6) is 0 Å². The largest absolute Gasteiger partial charge is 0.355 e. The second-order valence-electron chi connectivity index (χ2n) is 15.4. The zero-order valence-corrected chi connectivity index (χ0v) is 33.7. The lowest BCUT2D eigenvalue weighted by Gasteiger charge is -2.16. The number of nitrogens with zero attached hydrogens (tertiary/aromatic N) is 2. The fourth-order valence-electron chi connectivity index (χ4n) is 7.76. The van der Waals surface area contributed by atoms with Gasteiger partial charge in [-0.2, -0.15) is 0 Å². The summed E-state index contributed by atoms with van der Waals surface area (Å²) in [6.45, 7) is 11.4. The third-order valence-electron chi connectivity index (χ3n) is 10.5. The number of fused-ring (bicyclic) bond motifs is 8. The summed E-state index contributed by atoms with van der Waals surface area (Å²) in [6, 6.07) is 34.0. The first-order valence-corrected chi connectivity index (χ1v) is 19.6.